The molecule has 0 aliphatic heterocycles. The molecule has 0 spiro atoms. The fourth-order valence-corrected chi connectivity index (χ4v) is 1.48. The van der Waals surface area contributed by atoms with Gasteiger partial charge in [-0.1, -0.05) is 25.5 Å². The summed E-state index contributed by atoms with van der Waals surface area (Å²) in [6.45, 7) is 1.46. The molecule has 0 amide bonds. The molecule has 0 unspecified atom stereocenters. The molecule has 0 radical (unpaired) electrons. The first-order valence-corrected chi connectivity index (χ1v) is 6.48. The maximum Gasteiger partial charge on any atom is 0.282 e. The van der Waals surface area contributed by atoms with Gasteiger partial charge >= 0.3 is 0 Å². The van der Waals surface area contributed by atoms with Gasteiger partial charge in [-0.25, -0.2) is 8.78 Å². The smallest absolute Gasteiger partial charge is 0.282 e. The Morgan fingerprint density at radius 2 is 1.95 bits per heavy atom. The molecule has 3 nitrogen and oxygen atoms in total. The first-order valence-electron chi connectivity index (χ1n) is 6.48. The van der Waals surface area contributed by atoms with E-state index in [1.54, 1.807) is 0 Å². The van der Waals surface area contributed by atoms with Crippen LogP contribution in [0.5, 0.6) is 5.75 Å². The topological polar surface area (TPSA) is 41.5 Å². The zero-order valence-electron chi connectivity index (χ0n) is 11.2. The molecule has 2 N–H and O–H groups in total. The molecule has 0 bridgehead atoms. The molecule has 108 valence electrons. The number of rotatable bonds is 9. The van der Waals surface area contributed by atoms with E-state index in [-0.39, 0.29) is 0 Å². The zero-order chi connectivity index (χ0) is 14.1. The summed E-state index contributed by atoms with van der Waals surface area (Å²) in [5, 5.41) is 11.0. The lowest BCUT2D eigenvalue weighted by Crippen LogP contribution is -2.35. The molecule has 0 aliphatic carbocycles. The monoisotopic (exact) mass is 273 g/mol. The van der Waals surface area contributed by atoms with E-state index in [1.165, 1.54) is 0 Å². The van der Waals surface area contributed by atoms with E-state index in [2.05, 4.69) is 12.2 Å². The standard InChI is InChI=1S/C14H21F2NO2/c1-2-3-8-19-13-6-4-12(5-7-13)9-17-10-14(15,16)11-18/h4-7,17-18H,2-3,8-11H2,1H3. The van der Waals surface area contributed by atoms with Gasteiger partial charge in [-0.05, 0) is 24.1 Å². The van der Waals surface area contributed by atoms with Crippen molar-refractivity contribution in [2.24, 2.45) is 0 Å². The molecular weight excluding hydrogens is 252 g/mol. The first kappa shape index (κ1) is 15.9. The molecule has 1 aromatic carbocycles. The SMILES string of the molecule is CCCCOc1ccc(CNCC(F)(F)CO)cc1. The highest BCUT2D eigenvalue weighted by Crippen LogP contribution is 2.14. The number of aliphatic hydroxyl groups excluding tert-OH is 1. The third-order valence-corrected chi connectivity index (χ3v) is 2.63. The molecule has 0 aromatic heterocycles. The first-order chi connectivity index (χ1) is 9.07. The highest BCUT2D eigenvalue weighted by Gasteiger charge is 2.26. The predicted molar refractivity (Wildman–Crippen MR) is 70.6 cm³/mol. The lowest BCUT2D eigenvalue weighted by molar-refractivity contribution is -0.0477. The molecular formula is C14H21F2NO2. The maximum atomic E-state index is 12.8. The van der Waals surface area contributed by atoms with Crippen LogP contribution in [0, 0.1) is 0 Å². The molecule has 0 saturated carbocycles. The van der Waals surface area contributed by atoms with Gasteiger partial charge in [-0.2, -0.15) is 0 Å². The Labute approximate surface area is 112 Å². The molecule has 1 aromatic rings. The summed E-state index contributed by atoms with van der Waals surface area (Å²) in [5.74, 6) is -2.28. The summed E-state index contributed by atoms with van der Waals surface area (Å²) < 4.78 is 31.0. The second-order valence-corrected chi connectivity index (χ2v) is 4.46. The van der Waals surface area contributed by atoms with Crippen molar-refractivity contribution in [1.82, 2.24) is 5.32 Å². The largest absolute Gasteiger partial charge is 0.494 e. The number of hydrogen-bond donors (Lipinski definition) is 2. The van der Waals surface area contributed by atoms with Crippen molar-refractivity contribution in [1.29, 1.82) is 0 Å². The Kier molecular flexibility index (Phi) is 6.73. The summed E-state index contributed by atoms with van der Waals surface area (Å²) >= 11 is 0. The number of ether oxygens (including phenoxy) is 1. The van der Waals surface area contributed by atoms with Gasteiger partial charge in [0.05, 0.1) is 13.2 Å². The van der Waals surface area contributed by atoms with E-state index in [0.29, 0.717) is 13.2 Å². The van der Waals surface area contributed by atoms with Crippen LogP contribution in [-0.2, 0) is 6.54 Å². The van der Waals surface area contributed by atoms with Crippen LogP contribution in [-0.4, -0.2) is 30.8 Å². The Morgan fingerprint density at radius 1 is 1.26 bits per heavy atom. The normalized spacial score (nSPS) is 11.6. The predicted octanol–water partition coefficient (Wildman–Crippen LogP) is 2.58. The van der Waals surface area contributed by atoms with Crippen molar-refractivity contribution in [2.75, 3.05) is 19.8 Å². The van der Waals surface area contributed by atoms with Gasteiger partial charge in [0.2, 0.25) is 0 Å². The molecule has 0 aliphatic rings. The minimum atomic E-state index is -3.07. The third-order valence-electron chi connectivity index (χ3n) is 2.63. The number of benzene rings is 1. The lowest BCUT2D eigenvalue weighted by Gasteiger charge is -2.14. The van der Waals surface area contributed by atoms with Crippen LogP contribution in [0.4, 0.5) is 8.78 Å². The highest BCUT2D eigenvalue weighted by molar-refractivity contribution is 5.27. The Hall–Kier alpha value is -1.20. The second-order valence-electron chi connectivity index (χ2n) is 4.46. The van der Waals surface area contributed by atoms with Gasteiger partial charge in [0, 0.05) is 6.54 Å². The Bertz CT molecular complexity index is 355. The van der Waals surface area contributed by atoms with E-state index in [0.717, 1.165) is 24.2 Å². The molecule has 0 saturated heterocycles. The molecule has 0 fully saturated rings. The highest BCUT2D eigenvalue weighted by atomic mass is 19.3. The molecule has 0 heterocycles. The van der Waals surface area contributed by atoms with Crippen LogP contribution >= 0.6 is 0 Å². The summed E-state index contributed by atoms with van der Waals surface area (Å²) in [6.07, 6.45) is 2.10. The van der Waals surface area contributed by atoms with Gasteiger partial charge in [-0.15, -0.1) is 0 Å². The number of nitrogens with one attached hydrogen (secondary N) is 1. The van der Waals surface area contributed by atoms with Crippen LogP contribution in [0.25, 0.3) is 0 Å². The van der Waals surface area contributed by atoms with E-state index in [9.17, 15) is 8.78 Å². The average molecular weight is 273 g/mol. The van der Waals surface area contributed by atoms with Gasteiger partial charge in [-0.3, -0.25) is 0 Å². The summed E-state index contributed by atoms with van der Waals surface area (Å²) in [5.41, 5.74) is 0.900. The minimum absolute atomic E-state index is 0.338. The van der Waals surface area contributed by atoms with Gasteiger partial charge in [0.15, 0.2) is 0 Å². The zero-order valence-corrected chi connectivity index (χ0v) is 11.2. The number of alkyl halides is 2. The van der Waals surface area contributed by atoms with Crippen molar-refractivity contribution in [2.45, 2.75) is 32.2 Å². The van der Waals surface area contributed by atoms with Crippen LogP contribution < -0.4 is 10.1 Å². The van der Waals surface area contributed by atoms with E-state index in [4.69, 9.17) is 9.84 Å². The van der Waals surface area contributed by atoms with Crippen LogP contribution in [0.15, 0.2) is 24.3 Å². The van der Waals surface area contributed by atoms with Crippen molar-refractivity contribution >= 4 is 0 Å². The van der Waals surface area contributed by atoms with Gasteiger partial charge < -0.3 is 15.2 Å². The number of aliphatic hydroxyl groups is 1. The number of hydrogen-bond acceptors (Lipinski definition) is 3. The van der Waals surface area contributed by atoms with Crippen molar-refractivity contribution < 1.29 is 18.6 Å². The van der Waals surface area contributed by atoms with Crippen LogP contribution in [0.2, 0.25) is 0 Å². The van der Waals surface area contributed by atoms with Crippen LogP contribution in [0.1, 0.15) is 25.3 Å². The van der Waals surface area contributed by atoms with Crippen molar-refractivity contribution in [3.05, 3.63) is 29.8 Å². The molecule has 1 rings (SSSR count). The number of unbranched alkanes of at least 4 members (excludes halogenated alkanes) is 1. The van der Waals surface area contributed by atoms with Crippen LogP contribution in [0.3, 0.4) is 0 Å². The third kappa shape index (κ3) is 6.50. The van der Waals surface area contributed by atoms with Gasteiger partial charge in [0.25, 0.3) is 5.92 Å². The van der Waals surface area contributed by atoms with Crippen molar-refractivity contribution in [3.8, 4) is 5.75 Å². The fourth-order valence-electron chi connectivity index (χ4n) is 1.48. The van der Waals surface area contributed by atoms with E-state index in [1.807, 2.05) is 24.3 Å². The lowest BCUT2D eigenvalue weighted by atomic mass is 10.2. The Balaban J connectivity index is 2.32. The fraction of sp³-hybridized carbons (Fsp3) is 0.571. The molecule has 0 atom stereocenters. The summed E-state index contributed by atoms with van der Waals surface area (Å²) in [7, 11) is 0. The maximum absolute atomic E-state index is 12.8. The van der Waals surface area contributed by atoms with Crippen molar-refractivity contribution in [3.63, 3.8) is 0 Å². The quantitative estimate of drug-likeness (QED) is 0.679. The van der Waals surface area contributed by atoms with Gasteiger partial charge in [0.1, 0.15) is 12.4 Å². The molecule has 19 heavy (non-hydrogen) atoms. The summed E-state index contributed by atoms with van der Waals surface area (Å²) in [4.78, 5) is 0. The molecule has 5 heteroatoms. The average Bonchev–Trinajstić information content (AvgIpc) is 2.41. The van der Waals surface area contributed by atoms with E-state index >= 15 is 0 Å². The Morgan fingerprint density at radius 3 is 2.53 bits per heavy atom. The minimum Gasteiger partial charge on any atom is -0.494 e. The number of halogens is 2. The second kappa shape index (κ2) is 8.07. The van der Waals surface area contributed by atoms with E-state index < -0.39 is 19.1 Å². The summed E-state index contributed by atoms with van der Waals surface area (Å²) in [6, 6.07) is 7.34.